The van der Waals surface area contributed by atoms with Gasteiger partial charge >= 0.3 is 6.18 Å². The molecule has 0 unspecified atom stereocenters. The van der Waals surface area contributed by atoms with Gasteiger partial charge in [0.25, 0.3) is 5.91 Å². The summed E-state index contributed by atoms with van der Waals surface area (Å²) in [5.41, 5.74) is 5.21. The minimum atomic E-state index is -4.16. The number of hydrogen-bond acceptors (Lipinski definition) is 5. The number of halogens is 3. The fraction of sp³-hybridized carbons (Fsp3) is 0.700. The Balaban J connectivity index is 1.86. The van der Waals surface area contributed by atoms with Crippen molar-refractivity contribution in [3.05, 3.63) is 5.69 Å². The van der Waals surface area contributed by atoms with Crippen molar-refractivity contribution in [3.8, 4) is 0 Å². The van der Waals surface area contributed by atoms with E-state index in [9.17, 15) is 18.0 Å². The molecule has 19 heavy (non-hydrogen) atoms. The van der Waals surface area contributed by atoms with Gasteiger partial charge in [-0.05, 0) is 36.0 Å². The van der Waals surface area contributed by atoms with E-state index in [1.54, 1.807) is 0 Å². The minimum Gasteiger partial charge on any atom is -0.379 e. The van der Waals surface area contributed by atoms with Crippen LogP contribution in [0.2, 0.25) is 0 Å². The van der Waals surface area contributed by atoms with Crippen LogP contribution in [0.15, 0.2) is 4.63 Å². The molecule has 3 N–H and O–H groups in total. The summed E-state index contributed by atoms with van der Waals surface area (Å²) in [6.07, 6.45) is -3.57. The molecule has 1 amide bonds. The van der Waals surface area contributed by atoms with Gasteiger partial charge < -0.3 is 11.1 Å². The third kappa shape index (κ3) is 3.15. The van der Waals surface area contributed by atoms with Crippen LogP contribution in [0, 0.1) is 5.92 Å². The second kappa shape index (κ2) is 5.06. The highest BCUT2D eigenvalue weighted by molar-refractivity contribution is 5.96. The van der Waals surface area contributed by atoms with E-state index in [2.05, 4.69) is 20.3 Å². The van der Waals surface area contributed by atoms with Crippen molar-refractivity contribution < 1.29 is 22.6 Å². The normalized spacial score (nSPS) is 24.2. The van der Waals surface area contributed by atoms with E-state index in [1.165, 1.54) is 0 Å². The summed E-state index contributed by atoms with van der Waals surface area (Å²) in [7, 11) is 0. The molecular weight excluding hydrogens is 265 g/mol. The number of nitrogen functional groups attached to an aromatic ring is 1. The Labute approximate surface area is 106 Å². The molecule has 1 aliphatic rings. The lowest BCUT2D eigenvalue weighted by Crippen LogP contribution is -2.40. The summed E-state index contributed by atoms with van der Waals surface area (Å²) in [5.74, 6) is -1.99. The molecule has 0 bridgehead atoms. The molecule has 106 valence electrons. The Hall–Kier alpha value is -1.80. The number of anilines is 1. The van der Waals surface area contributed by atoms with E-state index in [-0.39, 0.29) is 43.2 Å². The van der Waals surface area contributed by atoms with Gasteiger partial charge in [0.1, 0.15) is 0 Å². The van der Waals surface area contributed by atoms with Crippen LogP contribution in [0.25, 0.3) is 0 Å². The SMILES string of the molecule is Nc1nonc1C(=O)NC1CCC(C(F)(F)F)CC1. The molecule has 0 aliphatic heterocycles. The van der Waals surface area contributed by atoms with Gasteiger partial charge in [-0.2, -0.15) is 13.2 Å². The van der Waals surface area contributed by atoms with Crippen molar-refractivity contribution in [1.82, 2.24) is 15.6 Å². The van der Waals surface area contributed by atoms with Crippen molar-refractivity contribution in [1.29, 1.82) is 0 Å². The zero-order chi connectivity index (χ0) is 14.0. The number of nitrogens with one attached hydrogen (secondary N) is 1. The lowest BCUT2D eigenvalue weighted by atomic mass is 9.85. The molecule has 0 atom stereocenters. The highest BCUT2D eigenvalue weighted by atomic mass is 19.4. The minimum absolute atomic E-state index is 0.0149. The molecule has 1 aromatic rings. The first-order chi connectivity index (χ1) is 8.88. The van der Waals surface area contributed by atoms with Gasteiger partial charge in [-0.25, -0.2) is 4.63 Å². The second-order valence-electron chi connectivity index (χ2n) is 4.56. The summed E-state index contributed by atoms with van der Waals surface area (Å²) in [4.78, 5) is 11.7. The number of carbonyl (C=O) groups excluding carboxylic acids is 1. The van der Waals surface area contributed by atoms with Gasteiger partial charge in [-0.1, -0.05) is 0 Å². The van der Waals surface area contributed by atoms with Gasteiger partial charge in [-0.3, -0.25) is 4.79 Å². The monoisotopic (exact) mass is 278 g/mol. The van der Waals surface area contributed by atoms with Crippen molar-refractivity contribution in [2.24, 2.45) is 5.92 Å². The second-order valence-corrected chi connectivity index (χ2v) is 4.56. The van der Waals surface area contributed by atoms with E-state index in [4.69, 9.17) is 5.73 Å². The molecule has 2 rings (SSSR count). The maximum absolute atomic E-state index is 12.5. The number of hydrogen-bond donors (Lipinski definition) is 2. The zero-order valence-electron chi connectivity index (χ0n) is 9.91. The quantitative estimate of drug-likeness (QED) is 0.855. The molecule has 1 saturated carbocycles. The Bertz CT molecular complexity index is 452. The number of nitrogens with two attached hydrogens (primary N) is 1. The average Bonchev–Trinajstić information content (AvgIpc) is 2.75. The average molecular weight is 278 g/mol. The highest BCUT2D eigenvalue weighted by Crippen LogP contribution is 2.37. The van der Waals surface area contributed by atoms with E-state index < -0.39 is 18.0 Å². The molecule has 6 nitrogen and oxygen atoms in total. The van der Waals surface area contributed by atoms with Crippen LogP contribution in [-0.4, -0.2) is 28.4 Å². The predicted molar refractivity (Wildman–Crippen MR) is 58.0 cm³/mol. The number of aromatic nitrogens is 2. The molecule has 0 spiro atoms. The van der Waals surface area contributed by atoms with Gasteiger partial charge in [0, 0.05) is 6.04 Å². The molecule has 1 heterocycles. The van der Waals surface area contributed by atoms with Gasteiger partial charge in [0.15, 0.2) is 0 Å². The Kier molecular flexibility index (Phi) is 3.63. The smallest absolute Gasteiger partial charge is 0.379 e. The summed E-state index contributed by atoms with van der Waals surface area (Å²) in [5, 5.41) is 9.17. The van der Waals surface area contributed by atoms with Gasteiger partial charge in [0.05, 0.1) is 5.92 Å². The first kappa shape index (κ1) is 13.6. The third-order valence-corrected chi connectivity index (χ3v) is 3.25. The fourth-order valence-electron chi connectivity index (χ4n) is 2.17. The number of carbonyl (C=O) groups is 1. The first-order valence-corrected chi connectivity index (χ1v) is 5.83. The van der Waals surface area contributed by atoms with Crippen LogP contribution in [0.1, 0.15) is 36.2 Å². The first-order valence-electron chi connectivity index (χ1n) is 5.83. The fourth-order valence-corrected chi connectivity index (χ4v) is 2.17. The standard InChI is InChI=1S/C10H13F3N4O2/c11-10(12,13)5-1-3-6(4-2-5)15-9(18)7-8(14)17-19-16-7/h5-6H,1-4H2,(H2,14,17)(H,15,18). The van der Waals surface area contributed by atoms with Crippen LogP contribution in [-0.2, 0) is 0 Å². The molecule has 1 aliphatic carbocycles. The lowest BCUT2D eigenvalue weighted by Gasteiger charge is -2.30. The molecular formula is C10H13F3N4O2. The van der Waals surface area contributed by atoms with Crippen molar-refractivity contribution in [2.75, 3.05) is 5.73 Å². The molecule has 0 aromatic carbocycles. The number of alkyl halides is 3. The number of amides is 1. The summed E-state index contributed by atoms with van der Waals surface area (Å²) in [6, 6.07) is -0.304. The van der Waals surface area contributed by atoms with Crippen LogP contribution >= 0.6 is 0 Å². The van der Waals surface area contributed by atoms with E-state index in [0.717, 1.165) is 0 Å². The Morgan fingerprint density at radius 3 is 2.37 bits per heavy atom. The number of nitrogens with zero attached hydrogens (tertiary/aromatic N) is 2. The van der Waals surface area contributed by atoms with Gasteiger partial charge in [0.2, 0.25) is 11.5 Å². The highest BCUT2D eigenvalue weighted by Gasteiger charge is 2.41. The molecule has 0 saturated heterocycles. The van der Waals surface area contributed by atoms with Crippen LogP contribution < -0.4 is 11.1 Å². The zero-order valence-corrected chi connectivity index (χ0v) is 9.91. The van der Waals surface area contributed by atoms with Crippen molar-refractivity contribution >= 4 is 11.7 Å². The van der Waals surface area contributed by atoms with E-state index in [1.807, 2.05) is 0 Å². The van der Waals surface area contributed by atoms with Gasteiger partial charge in [-0.15, -0.1) is 0 Å². The molecule has 0 radical (unpaired) electrons. The largest absolute Gasteiger partial charge is 0.391 e. The predicted octanol–water partition coefficient (Wildman–Crippen LogP) is 1.50. The Morgan fingerprint density at radius 1 is 1.26 bits per heavy atom. The molecule has 9 heteroatoms. The van der Waals surface area contributed by atoms with Crippen LogP contribution in [0.3, 0.4) is 0 Å². The maximum Gasteiger partial charge on any atom is 0.391 e. The lowest BCUT2D eigenvalue weighted by molar-refractivity contribution is -0.182. The summed E-state index contributed by atoms with van der Waals surface area (Å²) in [6.45, 7) is 0. The summed E-state index contributed by atoms with van der Waals surface area (Å²) >= 11 is 0. The maximum atomic E-state index is 12.5. The van der Waals surface area contributed by atoms with Crippen LogP contribution in [0.4, 0.5) is 19.0 Å². The van der Waals surface area contributed by atoms with E-state index in [0.29, 0.717) is 0 Å². The van der Waals surface area contributed by atoms with Crippen LogP contribution in [0.5, 0.6) is 0 Å². The molecule has 1 fully saturated rings. The third-order valence-electron chi connectivity index (χ3n) is 3.25. The van der Waals surface area contributed by atoms with Crippen molar-refractivity contribution in [3.63, 3.8) is 0 Å². The molecule has 1 aromatic heterocycles. The summed E-state index contributed by atoms with van der Waals surface area (Å²) < 4.78 is 41.7. The Morgan fingerprint density at radius 2 is 1.89 bits per heavy atom. The number of rotatable bonds is 2. The van der Waals surface area contributed by atoms with E-state index >= 15 is 0 Å². The topological polar surface area (TPSA) is 94.0 Å². The van der Waals surface area contributed by atoms with Crippen molar-refractivity contribution in [2.45, 2.75) is 37.9 Å².